The number of fused-ring (bicyclic) bond motifs is 1. The molecule has 3 aromatic rings. The molecule has 0 atom stereocenters. The third-order valence-electron chi connectivity index (χ3n) is 4.29. The van der Waals surface area contributed by atoms with E-state index in [1.807, 2.05) is 0 Å². The number of carbonyl (C=O) groups is 2. The zero-order chi connectivity index (χ0) is 20.6. The summed E-state index contributed by atoms with van der Waals surface area (Å²) in [6.07, 6.45) is 3.44. The SMILES string of the molecule is O=C(CN1Cc2sc(NC(=O)c3ccc(-n4cccn4)cc3)cc2S1(=O)=O)NO. The summed E-state index contributed by atoms with van der Waals surface area (Å²) in [5.41, 5.74) is 2.63. The Morgan fingerprint density at radius 3 is 2.62 bits per heavy atom. The molecule has 0 spiro atoms. The predicted octanol–water partition coefficient (Wildman–Crippen LogP) is 1.20. The van der Waals surface area contributed by atoms with E-state index in [0.29, 0.717) is 15.4 Å². The molecular weight excluding hydrogens is 418 g/mol. The van der Waals surface area contributed by atoms with Crippen molar-refractivity contribution < 1.29 is 23.2 Å². The van der Waals surface area contributed by atoms with Gasteiger partial charge in [0.25, 0.3) is 11.8 Å². The first-order valence-electron chi connectivity index (χ1n) is 8.36. The minimum absolute atomic E-state index is 0.00416. The molecule has 4 rings (SSSR count). The number of hydrogen-bond acceptors (Lipinski definition) is 7. The van der Waals surface area contributed by atoms with Crippen molar-refractivity contribution >= 4 is 38.2 Å². The Kier molecular flexibility index (Phi) is 4.92. The highest BCUT2D eigenvalue weighted by Gasteiger charge is 2.38. The van der Waals surface area contributed by atoms with Crippen molar-refractivity contribution in [3.8, 4) is 5.69 Å². The van der Waals surface area contributed by atoms with Crippen molar-refractivity contribution in [3.05, 3.63) is 59.2 Å². The molecule has 0 saturated carbocycles. The first-order chi connectivity index (χ1) is 13.9. The molecule has 0 saturated heterocycles. The van der Waals surface area contributed by atoms with Crippen LogP contribution in [0.5, 0.6) is 0 Å². The van der Waals surface area contributed by atoms with Crippen LogP contribution in [-0.4, -0.2) is 46.1 Å². The Balaban J connectivity index is 1.47. The van der Waals surface area contributed by atoms with Crippen LogP contribution in [0.2, 0.25) is 0 Å². The molecule has 12 heteroatoms. The molecule has 0 radical (unpaired) electrons. The lowest BCUT2D eigenvalue weighted by Gasteiger charge is -2.13. The van der Waals surface area contributed by atoms with Crippen molar-refractivity contribution in [3.63, 3.8) is 0 Å². The van der Waals surface area contributed by atoms with Crippen LogP contribution in [0.3, 0.4) is 0 Å². The number of hydroxylamine groups is 1. The number of nitrogens with zero attached hydrogens (tertiary/aromatic N) is 3. The number of amides is 2. The second kappa shape index (κ2) is 7.40. The smallest absolute Gasteiger partial charge is 0.258 e. The molecule has 0 fully saturated rings. The number of hydrogen-bond donors (Lipinski definition) is 3. The monoisotopic (exact) mass is 433 g/mol. The number of thiophene rings is 1. The first-order valence-corrected chi connectivity index (χ1v) is 10.6. The molecule has 1 aliphatic heterocycles. The van der Waals surface area contributed by atoms with Gasteiger partial charge in [0.15, 0.2) is 0 Å². The summed E-state index contributed by atoms with van der Waals surface area (Å²) in [6, 6.07) is 9.99. The Morgan fingerprint density at radius 2 is 2.00 bits per heavy atom. The topological polar surface area (TPSA) is 134 Å². The highest BCUT2D eigenvalue weighted by atomic mass is 32.2. The molecule has 29 heavy (non-hydrogen) atoms. The van der Waals surface area contributed by atoms with Crippen molar-refractivity contribution in [2.45, 2.75) is 11.4 Å². The minimum Gasteiger partial charge on any atom is -0.314 e. The standard InChI is InChI=1S/C17H15N5O5S2/c23-15(20-25)10-21-9-13-14(29(21,26)27)8-16(28-13)19-17(24)11-2-4-12(5-3-11)22-7-1-6-18-22/h1-8,25H,9-10H2,(H,19,24)(H,20,23). The van der Waals surface area contributed by atoms with Crippen LogP contribution in [0.15, 0.2) is 53.7 Å². The number of benzene rings is 1. The number of sulfonamides is 1. The third kappa shape index (κ3) is 3.65. The molecule has 3 heterocycles. The van der Waals surface area contributed by atoms with E-state index in [1.54, 1.807) is 47.4 Å². The quantitative estimate of drug-likeness (QED) is 0.409. The maximum Gasteiger partial charge on any atom is 0.258 e. The van der Waals surface area contributed by atoms with Crippen LogP contribution >= 0.6 is 11.3 Å². The average molecular weight is 433 g/mol. The molecular formula is C17H15N5O5S2. The lowest BCUT2D eigenvalue weighted by atomic mass is 10.2. The van der Waals surface area contributed by atoms with Gasteiger partial charge in [-0.2, -0.15) is 9.40 Å². The molecule has 2 amide bonds. The van der Waals surface area contributed by atoms with Gasteiger partial charge in [-0.1, -0.05) is 0 Å². The summed E-state index contributed by atoms with van der Waals surface area (Å²) in [6.45, 7) is -0.477. The first kappa shape index (κ1) is 19.3. The number of nitrogens with one attached hydrogen (secondary N) is 2. The Hall–Kier alpha value is -3.06. The molecule has 2 aromatic heterocycles. The maximum atomic E-state index is 12.5. The van der Waals surface area contributed by atoms with E-state index < -0.39 is 22.5 Å². The summed E-state index contributed by atoms with van der Waals surface area (Å²) < 4.78 is 27.6. The molecule has 1 aliphatic rings. The van der Waals surface area contributed by atoms with E-state index in [-0.39, 0.29) is 17.3 Å². The van der Waals surface area contributed by atoms with Crippen molar-refractivity contribution in [1.29, 1.82) is 0 Å². The maximum absolute atomic E-state index is 12.5. The normalized spacial score (nSPS) is 15.1. The van der Waals surface area contributed by atoms with Crippen molar-refractivity contribution in [1.82, 2.24) is 19.6 Å². The lowest BCUT2D eigenvalue weighted by molar-refractivity contribution is -0.129. The summed E-state index contributed by atoms with van der Waals surface area (Å²) >= 11 is 1.13. The van der Waals surface area contributed by atoms with Crippen LogP contribution in [0, 0.1) is 0 Å². The van der Waals surface area contributed by atoms with E-state index in [9.17, 15) is 18.0 Å². The van der Waals surface area contributed by atoms with E-state index in [0.717, 1.165) is 21.3 Å². The minimum atomic E-state index is -3.85. The fourth-order valence-corrected chi connectivity index (χ4v) is 5.94. The van der Waals surface area contributed by atoms with Crippen molar-refractivity contribution in [2.24, 2.45) is 0 Å². The van der Waals surface area contributed by atoms with Gasteiger partial charge in [-0.3, -0.25) is 14.8 Å². The Labute approximate surface area is 169 Å². The van der Waals surface area contributed by atoms with E-state index in [2.05, 4.69) is 10.4 Å². The molecule has 0 aliphatic carbocycles. The molecule has 0 unspecified atom stereocenters. The van der Waals surface area contributed by atoms with Crippen molar-refractivity contribution in [2.75, 3.05) is 11.9 Å². The van der Waals surface area contributed by atoms with Gasteiger partial charge in [-0.15, -0.1) is 11.3 Å². The summed E-state index contributed by atoms with van der Waals surface area (Å²) in [5.74, 6) is -1.19. The lowest BCUT2D eigenvalue weighted by Crippen LogP contribution is -2.36. The van der Waals surface area contributed by atoms with Crippen LogP contribution < -0.4 is 10.8 Å². The molecule has 1 aromatic carbocycles. The van der Waals surface area contributed by atoms with Crippen LogP contribution in [0.1, 0.15) is 15.2 Å². The number of rotatable bonds is 5. The average Bonchev–Trinajstić information content (AvgIpc) is 3.41. The highest BCUT2D eigenvalue weighted by molar-refractivity contribution is 7.89. The van der Waals surface area contributed by atoms with Gasteiger partial charge >= 0.3 is 0 Å². The predicted molar refractivity (Wildman–Crippen MR) is 103 cm³/mol. The van der Waals surface area contributed by atoms with Gasteiger partial charge in [0.05, 0.1) is 28.7 Å². The van der Waals surface area contributed by atoms with E-state index >= 15 is 0 Å². The van der Waals surface area contributed by atoms with Crippen LogP contribution in [0.25, 0.3) is 5.69 Å². The number of anilines is 1. The number of aromatic nitrogens is 2. The summed E-state index contributed by atoms with van der Waals surface area (Å²) in [7, 11) is -3.85. The Morgan fingerprint density at radius 1 is 1.24 bits per heavy atom. The zero-order valence-electron chi connectivity index (χ0n) is 14.8. The largest absolute Gasteiger partial charge is 0.314 e. The fraction of sp³-hybridized carbons (Fsp3) is 0.118. The molecule has 0 bridgehead atoms. The second-order valence-corrected chi connectivity index (χ2v) is 9.20. The Bertz CT molecular complexity index is 1170. The van der Waals surface area contributed by atoms with Crippen LogP contribution in [-0.2, 0) is 21.4 Å². The third-order valence-corrected chi connectivity index (χ3v) is 7.31. The number of carbonyl (C=O) groups excluding carboxylic acids is 2. The van der Waals surface area contributed by atoms with Gasteiger partial charge in [-0.05, 0) is 36.4 Å². The van der Waals surface area contributed by atoms with E-state index in [4.69, 9.17) is 5.21 Å². The summed E-state index contributed by atoms with van der Waals surface area (Å²) in [4.78, 5) is 24.3. The molecule has 150 valence electrons. The van der Waals surface area contributed by atoms with E-state index in [1.165, 1.54) is 11.5 Å². The highest BCUT2D eigenvalue weighted by Crippen LogP contribution is 2.39. The van der Waals surface area contributed by atoms with Crippen LogP contribution in [0.4, 0.5) is 5.00 Å². The van der Waals surface area contributed by atoms with Gasteiger partial charge < -0.3 is 5.32 Å². The zero-order valence-corrected chi connectivity index (χ0v) is 16.4. The van der Waals surface area contributed by atoms with Gasteiger partial charge in [0, 0.05) is 22.8 Å². The van der Waals surface area contributed by atoms with Gasteiger partial charge in [0.2, 0.25) is 10.0 Å². The van der Waals surface area contributed by atoms with Gasteiger partial charge in [0.1, 0.15) is 0 Å². The summed E-state index contributed by atoms with van der Waals surface area (Å²) in [5, 5.41) is 15.8. The molecule has 10 nitrogen and oxygen atoms in total. The fourth-order valence-electron chi connectivity index (χ4n) is 2.89. The molecule has 3 N–H and O–H groups in total. The second-order valence-electron chi connectivity index (χ2n) is 6.16. The van der Waals surface area contributed by atoms with Gasteiger partial charge in [-0.25, -0.2) is 18.6 Å².